The Morgan fingerprint density at radius 3 is 2.64 bits per heavy atom. The minimum absolute atomic E-state index is 0.0172. The van der Waals surface area contributed by atoms with Crippen LogP contribution in [0.25, 0.3) is 0 Å². The summed E-state index contributed by atoms with van der Waals surface area (Å²) in [5, 5.41) is 6.69. The van der Waals surface area contributed by atoms with Gasteiger partial charge in [-0.25, -0.2) is 0 Å². The van der Waals surface area contributed by atoms with Crippen molar-refractivity contribution in [2.75, 3.05) is 0 Å². The average molecular weight is 383 g/mol. The van der Waals surface area contributed by atoms with Crippen molar-refractivity contribution in [2.24, 2.45) is 0 Å². The third-order valence-electron chi connectivity index (χ3n) is 3.30. The van der Waals surface area contributed by atoms with Gasteiger partial charge in [-0.15, -0.1) is 0 Å². The quantitative estimate of drug-likeness (QED) is 0.778. The lowest BCUT2D eigenvalue weighted by atomic mass is 9.93. The van der Waals surface area contributed by atoms with E-state index < -0.39 is 0 Å². The Hall–Kier alpha value is -1.40. The van der Waals surface area contributed by atoms with E-state index in [1.54, 1.807) is 6.92 Å². The van der Waals surface area contributed by atoms with E-state index in [0.717, 1.165) is 21.5 Å². The minimum atomic E-state index is -0.254. The highest BCUT2D eigenvalue weighted by Crippen LogP contribution is 2.33. The lowest BCUT2D eigenvalue weighted by Gasteiger charge is -2.30. The fraction of sp³-hybridized carbons (Fsp3) is 0.375. The number of Topliss-reactive ketones (excluding diaryl/α,β-unsaturated/α-hetero) is 1. The lowest BCUT2D eigenvalue weighted by molar-refractivity contribution is -0.114. The summed E-state index contributed by atoms with van der Waals surface area (Å²) in [7, 11) is 0. The van der Waals surface area contributed by atoms with Crippen molar-refractivity contribution >= 4 is 39.0 Å². The Bertz CT molecular complexity index is 656. The molecule has 0 fully saturated rings. The molecule has 4 nitrogen and oxygen atoms in total. The second-order valence-corrected chi connectivity index (χ2v) is 6.75. The van der Waals surface area contributed by atoms with Crippen LogP contribution < -0.4 is 15.4 Å². The Balaban J connectivity index is 2.41. The summed E-state index contributed by atoms with van der Waals surface area (Å²) < 4.78 is 6.57. The molecule has 1 aromatic rings. The number of allylic oxidation sites excluding steroid dienone is 1. The summed E-state index contributed by atoms with van der Waals surface area (Å²) in [6, 6.07) is 5.55. The minimum Gasteiger partial charge on any atom is -0.490 e. The number of ketones is 1. The van der Waals surface area contributed by atoms with Gasteiger partial charge in [-0.2, -0.15) is 0 Å². The zero-order valence-electron chi connectivity index (χ0n) is 13.0. The van der Waals surface area contributed by atoms with Gasteiger partial charge in [0.15, 0.2) is 10.9 Å². The number of benzene rings is 1. The molecule has 22 heavy (non-hydrogen) atoms. The van der Waals surface area contributed by atoms with Gasteiger partial charge in [0.25, 0.3) is 0 Å². The van der Waals surface area contributed by atoms with Crippen molar-refractivity contribution < 1.29 is 9.53 Å². The van der Waals surface area contributed by atoms with Crippen LogP contribution in [-0.2, 0) is 4.79 Å². The van der Waals surface area contributed by atoms with Gasteiger partial charge in [-0.3, -0.25) is 4.79 Å². The van der Waals surface area contributed by atoms with Gasteiger partial charge in [-0.05, 0) is 73.5 Å². The molecule has 1 aromatic carbocycles. The first-order chi connectivity index (χ1) is 10.3. The van der Waals surface area contributed by atoms with E-state index in [1.807, 2.05) is 39.0 Å². The number of nitrogens with one attached hydrogen (secondary N) is 2. The Morgan fingerprint density at radius 1 is 1.41 bits per heavy atom. The highest BCUT2D eigenvalue weighted by molar-refractivity contribution is 9.10. The monoisotopic (exact) mass is 382 g/mol. The van der Waals surface area contributed by atoms with Crippen molar-refractivity contribution in [1.82, 2.24) is 10.6 Å². The lowest BCUT2D eigenvalue weighted by Crippen LogP contribution is -2.44. The maximum Gasteiger partial charge on any atom is 0.171 e. The molecule has 118 valence electrons. The van der Waals surface area contributed by atoms with Gasteiger partial charge >= 0.3 is 0 Å². The maximum absolute atomic E-state index is 12.0. The van der Waals surface area contributed by atoms with E-state index in [1.165, 1.54) is 0 Å². The zero-order chi connectivity index (χ0) is 16.4. The number of hydrogen-bond donors (Lipinski definition) is 2. The topological polar surface area (TPSA) is 50.4 Å². The Labute approximate surface area is 144 Å². The number of halogens is 1. The maximum atomic E-state index is 12.0. The SMILES string of the molecule is CC(=O)C1=C(C)NC(=S)NC1c1ccc(OC(C)C)c(Br)c1. The van der Waals surface area contributed by atoms with Crippen molar-refractivity contribution in [3.05, 3.63) is 39.5 Å². The standard InChI is InChI=1S/C16H19BrN2O2S/c1-8(2)21-13-6-5-11(7-12(13)17)15-14(10(4)20)9(3)18-16(22)19-15/h5-8,15H,1-4H3,(H2,18,19,22). The summed E-state index contributed by atoms with van der Waals surface area (Å²) >= 11 is 8.74. The fourth-order valence-electron chi connectivity index (χ4n) is 2.46. The number of rotatable bonds is 4. The number of carbonyl (C=O) groups is 1. The van der Waals surface area contributed by atoms with Crippen molar-refractivity contribution in [3.63, 3.8) is 0 Å². The summed E-state index contributed by atoms with van der Waals surface area (Å²) in [5.74, 6) is 0.795. The van der Waals surface area contributed by atoms with Crippen LogP contribution in [0.4, 0.5) is 0 Å². The van der Waals surface area contributed by atoms with Crippen LogP contribution in [0.3, 0.4) is 0 Å². The van der Waals surface area contributed by atoms with E-state index in [4.69, 9.17) is 17.0 Å². The Morgan fingerprint density at radius 2 is 2.09 bits per heavy atom. The van der Waals surface area contributed by atoms with Gasteiger partial charge in [0, 0.05) is 11.3 Å². The molecule has 1 aliphatic rings. The molecule has 1 unspecified atom stereocenters. The number of ether oxygens (including phenoxy) is 1. The highest BCUT2D eigenvalue weighted by atomic mass is 79.9. The molecular weight excluding hydrogens is 364 g/mol. The molecular formula is C16H19BrN2O2S. The van der Waals surface area contributed by atoms with E-state index in [0.29, 0.717) is 10.7 Å². The molecule has 1 heterocycles. The molecule has 0 radical (unpaired) electrons. The smallest absolute Gasteiger partial charge is 0.171 e. The van der Waals surface area contributed by atoms with Crippen LogP contribution in [0.15, 0.2) is 33.9 Å². The average Bonchev–Trinajstić information content (AvgIpc) is 2.39. The number of carbonyl (C=O) groups excluding carboxylic acids is 1. The first kappa shape index (κ1) is 17.0. The van der Waals surface area contributed by atoms with E-state index in [2.05, 4.69) is 26.6 Å². The van der Waals surface area contributed by atoms with E-state index in [9.17, 15) is 4.79 Å². The third-order valence-corrected chi connectivity index (χ3v) is 4.14. The second kappa shape index (κ2) is 6.79. The van der Waals surface area contributed by atoms with Gasteiger partial charge in [0.2, 0.25) is 0 Å². The van der Waals surface area contributed by atoms with E-state index >= 15 is 0 Å². The van der Waals surface area contributed by atoms with Crippen molar-refractivity contribution in [2.45, 2.75) is 39.8 Å². The largest absolute Gasteiger partial charge is 0.490 e. The molecule has 6 heteroatoms. The molecule has 1 atom stereocenters. The molecule has 0 saturated heterocycles. The van der Waals surface area contributed by atoms with Crippen LogP contribution in [0.1, 0.15) is 39.3 Å². The summed E-state index contributed by atoms with van der Waals surface area (Å²) in [6.45, 7) is 7.39. The first-order valence-corrected chi connectivity index (χ1v) is 8.25. The first-order valence-electron chi connectivity index (χ1n) is 7.05. The van der Waals surface area contributed by atoms with Crippen LogP contribution in [0.2, 0.25) is 0 Å². The van der Waals surface area contributed by atoms with Gasteiger partial charge in [-0.1, -0.05) is 6.07 Å². The molecule has 0 amide bonds. The zero-order valence-corrected chi connectivity index (χ0v) is 15.4. The summed E-state index contributed by atoms with van der Waals surface area (Å²) in [5.41, 5.74) is 2.44. The molecule has 0 spiro atoms. The molecule has 0 bridgehead atoms. The molecule has 2 N–H and O–H groups in total. The molecule has 0 aromatic heterocycles. The van der Waals surface area contributed by atoms with E-state index in [-0.39, 0.29) is 17.9 Å². The van der Waals surface area contributed by atoms with Gasteiger partial charge in [0.1, 0.15) is 5.75 Å². The number of hydrogen-bond acceptors (Lipinski definition) is 3. The van der Waals surface area contributed by atoms with Crippen LogP contribution in [-0.4, -0.2) is 17.0 Å². The van der Waals surface area contributed by atoms with Gasteiger partial charge in [0.05, 0.1) is 16.6 Å². The number of thiocarbonyl (C=S) groups is 1. The predicted octanol–water partition coefficient (Wildman–Crippen LogP) is 3.62. The normalized spacial score (nSPS) is 18.1. The predicted molar refractivity (Wildman–Crippen MR) is 94.9 cm³/mol. The Kier molecular flexibility index (Phi) is 5.24. The van der Waals surface area contributed by atoms with Crippen molar-refractivity contribution in [3.8, 4) is 5.75 Å². The fourth-order valence-corrected chi connectivity index (χ4v) is 3.22. The van der Waals surface area contributed by atoms with Crippen LogP contribution >= 0.6 is 28.1 Å². The molecule has 2 rings (SSSR count). The molecule has 0 saturated carbocycles. The highest BCUT2D eigenvalue weighted by Gasteiger charge is 2.28. The van der Waals surface area contributed by atoms with Gasteiger partial charge < -0.3 is 15.4 Å². The van der Waals surface area contributed by atoms with Crippen molar-refractivity contribution in [1.29, 1.82) is 0 Å². The van der Waals surface area contributed by atoms with Crippen LogP contribution in [0.5, 0.6) is 5.75 Å². The molecule has 1 aliphatic heterocycles. The molecule has 0 aliphatic carbocycles. The summed E-state index contributed by atoms with van der Waals surface area (Å²) in [4.78, 5) is 12.0. The summed E-state index contributed by atoms with van der Waals surface area (Å²) in [6.07, 6.45) is 0.0988. The third kappa shape index (κ3) is 3.67. The second-order valence-electron chi connectivity index (χ2n) is 5.48. The van der Waals surface area contributed by atoms with Crippen LogP contribution in [0, 0.1) is 0 Å².